The monoisotopic (exact) mass is 265 g/mol. The van der Waals surface area contributed by atoms with Gasteiger partial charge in [0.2, 0.25) is 5.91 Å². The van der Waals surface area contributed by atoms with Crippen molar-refractivity contribution >= 4 is 11.8 Å². The summed E-state index contributed by atoms with van der Waals surface area (Å²) in [6, 6.07) is 2.16. The van der Waals surface area contributed by atoms with E-state index in [1.165, 1.54) is 18.3 Å². The van der Waals surface area contributed by atoms with Crippen molar-refractivity contribution in [1.82, 2.24) is 15.6 Å². The normalized spacial score (nSPS) is 12.6. The molecule has 0 aliphatic heterocycles. The van der Waals surface area contributed by atoms with Crippen LogP contribution in [0.4, 0.5) is 0 Å². The molecule has 0 saturated heterocycles. The van der Waals surface area contributed by atoms with Gasteiger partial charge in [-0.2, -0.15) is 0 Å². The molecule has 0 aliphatic carbocycles. The SMILES string of the molecule is CC(NC(=O)c1ncccc1O)C(=O)NC(C)(C)C. The molecule has 1 heterocycles. The largest absolute Gasteiger partial charge is 0.505 e. The highest BCUT2D eigenvalue weighted by Gasteiger charge is 2.22. The molecule has 104 valence electrons. The molecule has 1 aromatic rings. The van der Waals surface area contributed by atoms with Crippen LogP contribution in [0.15, 0.2) is 18.3 Å². The highest BCUT2D eigenvalue weighted by atomic mass is 16.3. The molecule has 6 nitrogen and oxygen atoms in total. The molecule has 2 amide bonds. The van der Waals surface area contributed by atoms with Crippen molar-refractivity contribution < 1.29 is 14.7 Å². The van der Waals surface area contributed by atoms with E-state index in [9.17, 15) is 14.7 Å². The number of aromatic hydroxyl groups is 1. The number of hydrogen-bond donors (Lipinski definition) is 3. The Morgan fingerprint density at radius 1 is 1.37 bits per heavy atom. The number of nitrogens with one attached hydrogen (secondary N) is 2. The van der Waals surface area contributed by atoms with Crippen LogP contribution in [-0.2, 0) is 4.79 Å². The first-order chi connectivity index (χ1) is 8.70. The van der Waals surface area contributed by atoms with Crippen molar-refractivity contribution in [1.29, 1.82) is 0 Å². The van der Waals surface area contributed by atoms with Gasteiger partial charge in [0, 0.05) is 11.7 Å². The van der Waals surface area contributed by atoms with Crippen molar-refractivity contribution in [3.8, 4) is 5.75 Å². The Kier molecular flexibility index (Phi) is 4.47. The fraction of sp³-hybridized carbons (Fsp3) is 0.462. The van der Waals surface area contributed by atoms with Crippen molar-refractivity contribution in [2.75, 3.05) is 0 Å². The van der Waals surface area contributed by atoms with E-state index >= 15 is 0 Å². The summed E-state index contributed by atoms with van der Waals surface area (Å²) in [7, 11) is 0. The third-order valence-corrected chi connectivity index (χ3v) is 2.24. The number of hydrogen-bond acceptors (Lipinski definition) is 4. The smallest absolute Gasteiger partial charge is 0.274 e. The van der Waals surface area contributed by atoms with Gasteiger partial charge in [0.25, 0.3) is 5.91 Å². The molecule has 0 spiro atoms. The Labute approximate surface area is 112 Å². The van der Waals surface area contributed by atoms with Crippen LogP contribution < -0.4 is 10.6 Å². The molecule has 1 atom stereocenters. The Morgan fingerprint density at radius 2 is 2.00 bits per heavy atom. The van der Waals surface area contributed by atoms with Gasteiger partial charge in [-0.05, 0) is 39.8 Å². The number of nitrogens with zero attached hydrogens (tertiary/aromatic N) is 1. The minimum atomic E-state index is -0.715. The lowest BCUT2D eigenvalue weighted by molar-refractivity contribution is -0.124. The minimum Gasteiger partial charge on any atom is -0.505 e. The summed E-state index contributed by atoms with van der Waals surface area (Å²) >= 11 is 0. The van der Waals surface area contributed by atoms with E-state index in [-0.39, 0.29) is 22.9 Å². The minimum absolute atomic E-state index is 0.0992. The summed E-state index contributed by atoms with van der Waals surface area (Å²) < 4.78 is 0. The number of carbonyl (C=O) groups excluding carboxylic acids is 2. The summed E-state index contributed by atoms with van der Waals surface area (Å²) in [6.45, 7) is 7.12. The first-order valence-electron chi connectivity index (χ1n) is 5.97. The molecule has 0 bridgehead atoms. The number of pyridine rings is 1. The molecule has 1 aromatic heterocycles. The number of amides is 2. The van der Waals surface area contributed by atoms with E-state index in [0.29, 0.717) is 0 Å². The average Bonchev–Trinajstić information content (AvgIpc) is 2.27. The Balaban J connectivity index is 2.67. The third-order valence-electron chi connectivity index (χ3n) is 2.24. The lowest BCUT2D eigenvalue weighted by atomic mass is 10.1. The second-order valence-corrected chi connectivity index (χ2v) is 5.31. The van der Waals surface area contributed by atoms with E-state index in [0.717, 1.165) is 0 Å². The van der Waals surface area contributed by atoms with Crippen LogP contribution in [0.5, 0.6) is 5.75 Å². The molecule has 19 heavy (non-hydrogen) atoms. The summed E-state index contributed by atoms with van der Waals surface area (Å²) in [4.78, 5) is 27.4. The number of rotatable bonds is 3. The fourth-order valence-corrected chi connectivity index (χ4v) is 1.38. The number of aromatic nitrogens is 1. The quantitative estimate of drug-likeness (QED) is 0.754. The Hall–Kier alpha value is -2.11. The van der Waals surface area contributed by atoms with Gasteiger partial charge in [0.15, 0.2) is 5.69 Å². The molecule has 0 saturated carbocycles. The van der Waals surface area contributed by atoms with Gasteiger partial charge in [-0.3, -0.25) is 9.59 Å². The maximum absolute atomic E-state index is 11.8. The van der Waals surface area contributed by atoms with Crippen LogP contribution >= 0.6 is 0 Å². The van der Waals surface area contributed by atoms with E-state index in [4.69, 9.17) is 0 Å². The molecule has 0 radical (unpaired) electrons. The zero-order valence-corrected chi connectivity index (χ0v) is 11.5. The summed E-state index contributed by atoms with van der Waals surface area (Å²) in [6.07, 6.45) is 1.40. The highest BCUT2D eigenvalue weighted by Crippen LogP contribution is 2.12. The van der Waals surface area contributed by atoms with Crippen LogP contribution in [0.1, 0.15) is 38.2 Å². The summed E-state index contributed by atoms with van der Waals surface area (Å²) in [5.41, 5.74) is -0.471. The van der Waals surface area contributed by atoms with Gasteiger partial charge in [0.1, 0.15) is 11.8 Å². The Bertz CT molecular complexity index is 480. The maximum atomic E-state index is 11.8. The molecular formula is C13H19N3O3. The lowest BCUT2D eigenvalue weighted by Gasteiger charge is -2.23. The van der Waals surface area contributed by atoms with Gasteiger partial charge in [0.05, 0.1) is 0 Å². The summed E-state index contributed by atoms with van der Waals surface area (Å²) in [5.74, 6) is -1.10. The third kappa shape index (κ3) is 4.57. The van der Waals surface area contributed by atoms with Gasteiger partial charge < -0.3 is 15.7 Å². The Morgan fingerprint density at radius 3 is 2.53 bits per heavy atom. The van der Waals surface area contributed by atoms with Crippen molar-refractivity contribution in [2.45, 2.75) is 39.3 Å². The molecule has 0 aliphatic rings. The van der Waals surface area contributed by atoms with Gasteiger partial charge in [-0.1, -0.05) is 0 Å². The second kappa shape index (κ2) is 5.69. The first kappa shape index (κ1) is 14.9. The second-order valence-electron chi connectivity index (χ2n) is 5.31. The first-order valence-corrected chi connectivity index (χ1v) is 5.97. The van der Waals surface area contributed by atoms with Crippen LogP contribution in [0.25, 0.3) is 0 Å². The molecule has 0 aromatic carbocycles. The van der Waals surface area contributed by atoms with Gasteiger partial charge in [-0.25, -0.2) is 4.98 Å². The average molecular weight is 265 g/mol. The molecule has 6 heteroatoms. The maximum Gasteiger partial charge on any atom is 0.274 e. The van der Waals surface area contributed by atoms with Crippen molar-refractivity contribution in [3.05, 3.63) is 24.0 Å². The van der Waals surface area contributed by atoms with Crippen LogP contribution in [0.3, 0.4) is 0 Å². The van der Waals surface area contributed by atoms with Crippen LogP contribution in [0, 0.1) is 0 Å². The van der Waals surface area contributed by atoms with E-state index < -0.39 is 11.9 Å². The summed E-state index contributed by atoms with van der Waals surface area (Å²) in [5, 5.41) is 14.7. The highest BCUT2D eigenvalue weighted by molar-refractivity contribution is 5.97. The molecule has 1 rings (SSSR count). The van der Waals surface area contributed by atoms with E-state index in [1.54, 1.807) is 6.92 Å². The molecule has 3 N–H and O–H groups in total. The van der Waals surface area contributed by atoms with E-state index in [2.05, 4.69) is 15.6 Å². The zero-order valence-electron chi connectivity index (χ0n) is 11.5. The fourth-order valence-electron chi connectivity index (χ4n) is 1.38. The van der Waals surface area contributed by atoms with Gasteiger partial charge in [-0.15, -0.1) is 0 Å². The topological polar surface area (TPSA) is 91.3 Å². The molecular weight excluding hydrogens is 246 g/mol. The van der Waals surface area contributed by atoms with E-state index in [1.807, 2.05) is 20.8 Å². The predicted molar refractivity (Wildman–Crippen MR) is 70.7 cm³/mol. The van der Waals surface area contributed by atoms with Gasteiger partial charge >= 0.3 is 0 Å². The number of carbonyl (C=O) groups is 2. The van der Waals surface area contributed by atoms with Crippen molar-refractivity contribution in [3.63, 3.8) is 0 Å². The molecule has 0 fully saturated rings. The van der Waals surface area contributed by atoms with Crippen LogP contribution in [0.2, 0.25) is 0 Å². The lowest BCUT2D eigenvalue weighted by Crippen LogP contribution is -2.50. The zero-order chi connectivity index (χ0) is 14.6. The standard InChI is InChI=1S/C13H19N3O3/c1-8(11(18)16-13(2,3)4)15-12(19)10-9(17)6-5-7-14-10/h5-8,17H,1-4H3,(H,15,19)(H,16,18). The molecule has 1 unspecified atom stereocenters. The van der Waals surface area contributed by atoms with Crippen molar-refractivity contribution in [2.24, 2.45) is 0 Å². The van der Waals surface area contributed by atoms with Crippen LogP contribution in [-0.4, -0.2) is 33.5 Å². The predicted octanol–water partition coefficient (Wildman–Crippen LogP) is 0.820.